The van der Waals surface area contributed by atoms with Crippen LogP contribution in [0.1, 0.15) is 0 Å². The van der Waals surface area contributed by atoms with Crippen LogP contribution in [0.4, 0.5) is 0 Å². The molecule has 7 aromatic heterocycles. The number of fused-ring (bicyclic) bond motifs is 18. The smallest absolute Gasteiger partial charge is 0.238 e. The zero-order chi connectivity index (χ0) is 86.6. The summed E-state index contributed by atoms with van der Waals surface area (Å²) in [4.78, 5) is 17.3. The van der Waals surface area contributed by atoms with E-state index in [0.29, 0.717) is 17.6 Å². The molecule has 27 aromatic rings. The van der Waals surface area contributed by atoms with E-state index in [-0.39, 0.29) is 0 Å². The lowest BCUT2D eigenvalue weighted by atomic mass is 9.98. The molecule has 0 amide bonds. The fourth-order valence-electron chi connectivity index (χ4n) is 21.1. The minimum atomic E-state index is 0.491. The fourth-order valence-corrected chi connectivity index (χ4v) is 21.1. The van der Waals surface area contributed by atoms with E-state index >= 15 is 0 Å². The van der Waals surface area contributed by atoms with E-state index in [1.165, 1.54) is 54.1 Å². The Morgan fingerprint density at radius 2 is 0.311 bits per heavy atom. The predicted molar refractivity (Wildman–Crippen MR) is 549 cm³/mol. The van der Waals surface area contributed by atoms with Gasteiger partial charge in [-0.2, -0.15) is 9.97 Å². The third kappa shape index (κ3) is 12.0. The van der Waals surface area contributed by atoms with Crippen molar-refractivity contribution in [1.29, 1.82) is 0 Å². The van der Waals surface area contributed by atoms with Crippen molar-refractivity contribution in [2.24, 2.45) is 0 Å². The zero-order valence-corrected chi connectivity index (χ0v) is 71.5. The number of aromatic nitrogens is 9. The topological polar surface area (TPSA) is 68.2 Å². The molecule has 27 rings (SSSR count). The highest BCUT2D eigenvalue weighted by Gasteiger charge is 2.26. The first-order valence-corrected chi connectivity index (χ1v) is 45.1. The molecule has 9 heteroatoms. The molecular weight excluding hydrogens is 1600 g/mol. The van der Waals surface area contributed by atoms with Crippen LogP contribution in [0.5, 0.6) is 0 Å². The molecule has 132 heavy (non-hydrogen) atoms. The molecule has 0 saturated carbocycles. The molecule has 0 radical (unpaired) electrons. The van der Waals surface area contributed by atoms with E-state index < -0.39 is 0 Å². The minimum absolute atomic E-state index is 0.491. The van der Waals surface area contributed by atoms with Crippen LogP contribution in [0.2, 0.25) is 0 Å². The van der Waals surface area contributed by atoms with Gasteiger partial charge in [0.2, 0.25) is 5.95 Å². The summed E-state index contributed by atoms with van der Waals surface area (Å²) in [5.74, 6) is 1.56. The number of benzene rings is 20. The molecule has 614 valence electrons. The third-order valence-electron chi connectivity index (χ3n) is 27.2. The van der Waals surface area contributed by atoms with Crippen molar-refractivity contribution in [3.8, 4) is 124 Å². The first-order chi connectivity index (χ1) is 65.4. The first kappa shape index (κ1) is 74.5. The monoisotopic (exact) mass is 1680 g/mol. The maximum absolute atomic E-state index is 5.82. The van der Waals surface area contributed by atoms with Gasteiger partial charge in [0.25, 0.3) is 0 Å². The maximum atomic E-state index is 5.82. The van der Waals surface area contributed by atoms with Gasteiger partial charge in [0, 0.05) is 104 Å². The van der Waals surface area contributed by atoms with Gasteiger partial charge in [0.15, 0.2) is 11.6 Å². The van der Waals surface area contributed by atoms with Crippen molar-refractivity contribution in [1.82, 2.24) is 42.4 Å². The van der Waals surface area contributed by atoms with Crippen molar-refractivity contribution in [2.75, 3.05) is 0 Å². The highest BCUT2D eigenvalue weighted by molar-refractivity contribution is 6.18. The highest BCUT2D eigenvalue weighted by atomic mass is 15.2. The molecule has 0 saturated heterocycles. The molecule has 7 heterocycles. The lowest BCUT2D eigenvalue weighted by Crippen LogP contribution is -2.06. The quantitative estimate of drug-likeness (QED) is 0.109. The van der Waals surface area contributed by atoms with Gasteiger partial charge in [-0.25, -0.2) is 4.98 Å². The molecule has 20 aromatic carbocycles. The number of nitrogens with zero attached hydrogens (tertiary/aromatic N) is 9. The lowest BCUT2D eigenvalue weighted by molar-refractivity contribution is 0.953. The van der Waals surface area contributed by atoms with E-state index in [4.69, 9.17) is 15.0 Å². The summed E-state index contributed by atoms with van der Waals surface area (Å²) in [5, 5.41) is 14.0. The Balaban J connectivity index is 0.657. The molecule has 0 aliphatic carbocycles. The van der Waals surface area contributed by atoms with Crippen molar-refractivity contribution >= 4 is 131 Å². The van der Waals surface area contributed by atoms with Gasteiger partial charge in [0.1, 0.15) is 0 Å². The van der Waals surface area contributed by atoms with Gasteiger partial charge in [0.05, 0.1) is 66.2 Å². The second-order valence-electron chi connectivity index (χ2n) is 34.6. The Morgan fingerprint density at radius 1 is 0.114 bits per heavy atom. The molecule has 0 aliphatic rings. The van der Waals surface area contributed by atoms with Gasteiger partial charge in [-0.15, -0.1) is 0 Å². The Kier molecular flexibility index (Phi) is 16.9. The largest absolute Gasteiger partial charge is 0.309 e. The molecule has 0 atom stereocenters. The molecule has 0 bridgehead atoms. The molecule has 0 spiro atoms. The molecular formula is C123H77N9. The second kappa shape index (κ2) is 29.9. The third-order valence-corrected chi connectivity index (χ3v) is 27.2. The normalized spacial score (nSPS) is 11.9. The Morgan fingerprint density at radius 3 is 0.621 bits per heavy atom. The van der Waals surface area contributed by atoms with E-state index in [2.05, 4.69) is 495 Å². The van der Waals surface area contributed by atoms with Crippen LogP contribution < -0.4 is 0 Å². The van der Waals surface area contributed by atoms with Gasteiger partial charge in [-0.05, 0) is 261 Å². The van der Waals surface area contributed by atoms with Crippen LogP contribution in [0.15, 0.2) is 467 Å². The van der Waals surface area contributed by atoms with Gasteiger partial charge in [-0.3, -0.25) is 4.57 Å². The van der Waals surface area contributed by atoms with Crippen LogP contribution in [0, 0.1) is 0 Å². The molecule has 0 N–H and O–H groups in total. The minimum Gasteiger partial charge on any atom is -0.309 e. The number of rotatable bonds is 14. The van der Waals surface area contributed by atoms with Crippen molar-refractivity contribution < 1.29 is 0 Å². The van der Waals surface area contributed by atoms with Crippen LogP contribution in [-0.4, -0.2) is 42.4 Å². The van der Waals surface area contributed by atoms with Crippen molar-refractivity contribution in [3.63, 3.8) is 0 Å². The standard InChI is InChI=1S/C123H77N9/c1-6-27-78(28-7-1)79-29-24-30-80(67-79)81-31-25-32-90(68-81)121-124-122(126-123(125-121)132-119-65-57-88(84-53-61-115-103(72-84)99-45-18-22-49-111(99)129(115)94-38-12-4-13-39-94)76-107(119)108-77-89(58-66-120(108)132)85-54-62-116-104(73-85)100-46-19-23-50-112(100)130(116)95-40-14-5-15-41-95)91-33-26-42-96(69-91)131-117-63-55-86(82-51-59-113-101(70-82)97-43-16-20-47-109(97)127(113)92-34-8-2-9-35-92)74-105(117)106-75-87(56-64-118(106)131)83-52-60-114-102(71-83)98-44-17-21-48-110(98)128(114)93-36-10-3-11-37-93/h1-77H. The summed E-state index contributed by atoms with van der Waals surface area (Å²) in [6, 6.07) is 171. The average molecular weight is 1680 g/mol. The SMILES string of the molecule is c1ccc(-c2cccc(-c3cccc(-c4nc(-c5cccc(-n6c7ccc(-c8ccc9c(c8)c8ccccc8n9-c8ccccc8)cc7c7cc(-c8ccc9c(c8)c8ccccc8n9-c8ccccc8)ccc76)c5)nc(-n5c6ccc(-c7ccc8c(c7)c7ccccc7n8-c7ccccc7)cc6c6cc(-c7ccc8c(c7)c7ccccc7n8-c7ccccc7)ccc65)n4)c3)c2)cc1. The summed E-state index contributed by atoms with van der Waals surface area (Å²) in [6.07, 6.45) is 0. The fraction of sp³-hybridized carbons (Fsp3) is 0. The molecule has 0 unspecified atom stereocenters. The van der Waals surface area contributed by atoms with Gasteiger partial charge in [-0.1, -0.05) is 273 Å². The van der Waals surface area contributed by atoms with E-state index in [0.717, 1.165) is 183 Å². The lowest BCUT2D eigenvalue weighted by Gasteiger charge is -2.14. The average Bonchev–Trinajstić information content (AvgIpc) is 1.56. The molecule has 0 aliphatic heterocycles. The zero-order valence-electron chi connectivity index (χ0n) is 71.5. The number of hydrogen-bond acceptors (Lipinski definition) is 3. The van der Waals surface area contributed by atoms with Crippen molar-refractivity contribution in [3.05, 3.63) is 467 Å². The van der Waals surface area contributed by atoms with E-state index in [9.17, 15) is 0 Å². The maximum Gasteiger partial charge on any atom is 0.238 e. The Hall–Kier alpha value is -17.8. The molecule has 0 fully saturated rings. The second-order valence-corrected chi connectivity index (χ2v) is 34.6. The summed E-state index contributed by atoms with van der Waals surface area (Å²) in [7, 11) is 0. The Bertz CT molecular complexity index is 8970. The molecule has 9 nitrogen and oxygen atoms in total. The van der Waals surface area contributed by atoms with Crippen molar-refractivity contribution in [2.45, 2.75) is 0 Å². The highest BCUT2D eigenvalue weighted by Crippen LogP contribution is 2.47. The van der Waals surface area contributed by atoms with Crippen LogP contribution in [0.25, 0.3) is 255 Å². The van der Waals surface area contributed by atoms with Crippen LogP contribution in [-0.2, 0) is 0 Å². The Labute approximate surface area is 759 Å². The summed E-state index contributed by atoms with van der Waals surface area (Å²) in [6.45, 7) is 0. The number of hydrogen-bond donors (Lipinski definition) is 0. The van der Waals surface area contributed by atoms with Crippen LogP contribution in [0.3, 0.4) is 0 Å². The van der Waals surface area contributed by atoms with Gasteiger partial charge >= 0.3 is 0 Å². The first-order valence-electron chi connectivity index (χ1n) is 45.1. The van der Waals surface area contributed by atoms with E-state index in [1.807, 2.05) is 0 Å². The van der Waals surface area contributed by atoms with E-state index in [1.54, 1.807) is 0 Å². The van der Waals surface area contributed by atoms with Gasteiger partial charge < -0.3 is 22.8 Å². The number of para-hydroxylation sites is 8. The predicted octanol–water partition coefficient (Wildman–Crippen LogP) is 31.8. The summed E-state index contributed by atoms with van der Waals surface area (Å²) < 4.78 is 14.3. The summed E-state index contributed by atoms with van der Waals surface area (Å²) in [5.41, 5.74) is 33.9. The van der Waals surface area contributed by atoms with Crippen LogP contribution >= 0.6 is 0 Å². The summed E-state index contributed by atoms with van der Waals surface area (Å²) >= 11 is 0.